The SMILES string of the molecule is O=C1CCCCC[C@H]1[C@]1(O)C(=O)N(Cc2ccc(Cl)cc2)c2ccccc21. The standard InChI is InChI=1S/C22H22ClNO3/c23-16-12-10-15(11-13-16)14-24-19-8-5-4-6-17(19)22(27,21(24)26)18-7-2-1-3-9-20(18)25/h4-6,8,10-13,18,27H,1-3,7,9,14H2/t18-,22+/m1/s1. The summed E-state index contributed by atoms with van der Waals surface area (Å²) in [5, 5.41) is 12.2. The molecule has 0 aromatic heterocycles. The summed E-state index contributed by atoms with van der Waals surface area (Å²) in [6.45, 7) is 0.330. The zero-order valence-corrected chi connectivity index (χ0v) is 15.8. The minimum absolute atomic E-state index is 0.00787. The minimum atomic E-state index is -1.77. The average Bonchev–Trinajstić information content (AvgIpc) is 2.82. The van der Waals surface area contributed by atoms with Crippen molar-refractivity contribution >= 4 is 29.0 Å². The van der Waals surface area contributed by atoms with Gasteiger partial charge in [0.15, 0.2) is 5.60 Å². The van der Waals surface area contributed by atoms with Gasteiger partial charge in [-0.2, -0.15) is 0 Å². The maximum Gasteiger partial charge on any atom is 0.264 e. The molecule has 2 aromatic carbocycles. The molecule has 0 radical (unpaired) electrons. The summed E-state index contributed by atoms with van der Waals surface area (Å²) >= 11 is 5.96. The van der Waals surface area contributed by atoms with Crippen LogP contribution in [0.25, 0.3) is 0 Å². The fourth-order valence-corrected chi connectivity index (χ4v) is 4.46. The first-order valence-electron chi connectivity index (χ1n) is 9.43. The molecule has 1 fully saturated rings. The van der Waals surface area contributed by atoms with Crippen LogP contribution in [0.1, 0.15) is 43.2 Å². The highest BCUT2D eigenvalue weighted by Crippen LogP contribution is 2.47. The van der Waals surface area contributed by atoms with E-state index < -0.39 is 17.4 Å². The highest BCUT2D eigenvalue weighted by atomic mass is 35.5. The second-order valence-corrected chi connectivity index (χ2v) is 7.86. The van der Waals surface area contributed by atoms with Crippen LogP contribution in [0.2, 0.25) is 5.02 Å². The number of ketones is 1. The number of rotatable bonds is 3. The van der Waals surface area contributed by atoms with Crippen LogP contribution in [0, 0.1) is 5.92 Å². The van der Waals surface area contributed by atoms with E-state index in [4.69, 9.17) is 11.6 Å². The predicted molar refractivity (Wildman–Crippen MR) is 105 cm³/mol. The molecule has 2 aliphatic rings. The van der Waals surface area contributed by atoms with Crippen LogP contribution in [-0.4, -0.2) is 16.8 Å². The number of carbonyl (C=O) groups is 2. The summed E-state index contributed by atoms with van der Waals surface area (Å²) in [6.07, 6.45) is 3.62. The van der Waals surface area contributed by atoms with Crippen LogP contribution in [0.4, 0.5) is 5.69 Å². The second kappa shape index (κ2) is 7.10. The largest absolute Gasteiger partial charge is 0.375 e. The first-order valence-corrected chi connectivity index (χ1v) is 9.80. The number of aliphatic hydroxyl groups is 1. The Kier molecular flexibility index (Phi) is 4.79. The van der Waals surface area contributed by atoms with Gasteiger partial charge in [-0.25, -0.2) is 0 Å². The maximum atomic E-state index is 13.4. The Labute approximate surface area is 163 Å². The highest BCUT2D eigenvalue weighted by Gasteiger charge is 2.56. The summed E-state index contributed by atoms with van der Waals surface area (Å²) < 4.78 is 0. The summed E-state index contributed by atoms with van der Waals surface area (Å²) in [5.41, 5.74) is 0.366. The molecule has 140 valence electrons. The van der Waals surface area contributed by atoms with Gasteiger partial charge in [0.1, 0.15) is 5.78 Å². The van der Waals surface area contributed by atoms with Gasteiger partial charge in [0.05, 0.1) is 18.2 Å². The number of Topliss-reactive ketones (excluding diaryl/α,β-unsaturated/α-hetero) is 1. The lowest BCUT2D eigenvalue weighted by Gasteiger charge is -2.30. The third kappa shape index (κ3) is 3.07. The number of hydrogen-bond acceptors (Lipinski definition) is 3. The second-order valence-electron chi connectivity index (χ2n) is 7.42. The van der Waals surface area contributed by atoms with E-state index in [0.717, 1.165) is 24.8 Å². The molecule has 5 heteroatoms. The van der Waals surface area contributed by atoms with Crippen molar-refractivity contribution in [2.75, 3.05) is 4.90 Å². The van der Waals surface area contributed by atoms with Gasteiger partial charge in [0, 0.05) is 17.0 Å². The topological polar surface area (TPSA) is 57.6 Å². The third-order valence-electron chi connectivity index (χ3n) is 5.74. The van der Waals surface area contributed by atoms with Crippen LogP contribution in [0.5, 0.6) is 0 Å². The molecule has 0 saturated heterocycles. The lowest BCUT2D eigenvalue weighted by Crippen LogP contribution is -2.48. The smallest absolute Gasteiger partial charge is 0.264 e. The normalized spacial score (nSPS) is 25.4. The van der Waals surface area contributed by atoms with E-state index in [2.05, 4.69) is 0 Å². The third-order valence-corrected chi connectivity index (χ3v) is 5.99. The quantitative estimate of drug-likeness (QED) is 0.807. The molecule has 0 unspecified atom stereocenters. The van der Waals surface area contributed by atoms with Gasteiger partial charge in [0.2, 0.25) is 0 Å². The van der Waals surface area contributed by atoms with Crippen molar-refractivity contribution < 1.29 is 14.7 Å². The van der Waals surface area contributed by atoms with Crippen molar-refractivity contribution in [2.24, 2.45) is 5.92 Å². The lowest BCUT2D eigenvalue weighted by atomic mass is 9.77. The van der Waals surface area contributed by atoms with E-state index in [9.17, 15) is 14.7 Å². The number of benzene rings is 2. The van der Waals surface area contributed by atoms with E-state index >= 15 is 0 Å². The zero-order valence-electron chi connectivity index (χ0n) is 15.0. The Morgan fingerprint density at radius 2 is 1.78 bits per heavy atom. The maximum absolute atomic E-state index is 13.4. The van der Waals surface area contributed by atoms with Crippen LogP contribution in [-0.2, 0) is 21.7 Å². The molecule has 1 N–H and O–H groups in total. The monoisotopic (exact) mass is 383 g/mol. The molecule has 4 nitrogen and oxygen atoms in total. The Bertz CT molecular complexity index is 879. The van der Waals surface area contributed by atoms with Gasteiger partial charge in [-0.05, 0) is 36.6 Å². The molecular weight excluding hydrogens is 362 g/mol. The molecule has 0 spiro atoms. The van der Waals surface area contributed by atoms with Crippen molar-refractivity contribution in [3.8, 4) is 0 Å². The van der Waals surface area contributed by atoms with E-state index in [0.29, 0.717) is 35.7 Å². The molecule has 2 aromatic rings. The molecule has 4 rings (SSSR count). The number of nitrogens with zero attached hydrogens (tertiary/aromatic N) is 1. The molecule has 1 aliphatic heterocycles. The number of fused-ring (bicyclic) bond motifs is 1. The molecule has 1 saturated carbocycles. The average molecular weight is 384 g/mol. The molecule has 2 atom stereocenters. The van der Waals surface area contributed by atoms with Gasteiger partial charge in [-0.3, -0.25) is 9.59 Å². The number of amides is 1. The molecule has 1 amide bonds. The minimum Gasteiger partial charge on any atom is -0.375 e. The summed E-state index contributed by atoms with van der Waals surface area (Å²) in [7, 11) is 0. The zero-order chi connectivity index (χ0) is 19.0. The number of para-hydroxylation sites is 1. The Morgan fingerprint density at radius 1 is 1.04 bits per heavy atom. The Morgan fingerprint density at radius 3 is 2.56 bits per heavy atom. The first kappa shape index (κ1) is 18.2. The number of carbonyl (C=O) groups excluding carboxylic acids is 2. The van der Waals surface area contributed by atoms with Crippen LogP contribution in [0.3, 0.4) is 0 Å². The first-order chi connectivity index (χ1) is 13.0. The van der Waals surface area contributed by atoms with E-state index in [-0.39, 0.29) is 5.78 Å². The van der Waals surface area contributed by atoms with Gasteiger partial charge in [-0.15, -0.1) is 0 Å². The fraction of sp³-hybridized carbons (Fsp3) is 0.364. The van der Waals surface area contributed by atoms with E-state index in [1.807, 2.05) is 30.3 Å². The van der Waals surface area contributed by atoms with Gasteiger partial charge < -0.3 is 10.0 Å². The van der Waals surface area contributed by atoms with Crippen molar-refractivity contribution in [1.82, 2.24) is 0 Å². The number of halogens is 1. The summed E-state index contributed by atoms with van der Waals surface area (Å²) in [6, 6.07) is 14.6. The van der Waals surface area contributed by atoms with Gasteiger partial charge in [0.25, 0.3) is 5.91 Å². The summed E-state index contributed by atoms with van der Waals surface area (Å²) in [4.78, 5) is 27.7. The Hall–Kier alpha value is -2.17. The van der Waals surface area contributed by atoms with Crippen LogP contribution in [0.15, 0.2) is 48.5 Å². The molecule has 1 heterocycles. The van der Waals surface area contributed by atoms with Crippen molar-refractivity contribution in [1.29, 1.82) is 0 Å². The predicted octanol–water partition coefficient (Wildman–Crippen LogP) is 4.22. The van der Waals surface area contributed by atoms with Crippen molar-refractivity contribution in [2.45, 2.75) is 44.2 Å². The van der Waals surface area contributed by atoms with E-state index in [1.165, 1.54) is 0 Å². The fourth-order valence-electron chi connectivity index (χ4n) is 4.33. The Balaban J connectivity index is 1.74. The molecular formula is C22H22ClNO3. The molecule has 27 heavy (non-hydrogen) atoms. The molecule has 1 aliphatic carbocycles. The van der Waals surface area contributed by atoms with Gasteiger partial charge in [-0.1, -0.05) is 54.8 Å². The van der Waals surface area contributed by atoms with Gasteiger partial charge >= 0.3 is 0 Å². The highest BCUT2D eigenvalue weighted by molar-refractivity contribution is 6.30. The van der Waals surface area contributed by atoms with Crippen LogP contribution >= 0.6 is 11.6 Å². The van der Waals surface area contributed by atoms with Crippen LogP contribution < -0.4 is 4.90 Å². The number of hydrogen-bond donors (Lipinski definition) is 1. The number of anilines is 1. The lowest BCUT2D eigenvalue weighted by molar-refractivity contribution is -0.150. The summed E-state index contributed by atoms with van der Waals surface area (Å²) in [5.74, 6) is -1.09. The van der Waals surface area contributed by atoms with Crippen molar-refractivity contribution in [3.63, 3.8) is 0 Å². The van der Waals surface area contributed by atoms with E-state index in [1.54, 1.807) is 23.1 Å². The van der Waals surface area contributed by atoms with Crippen molar-refractivity contribution in [3.05, 3.63) is 64.7 Å². The molecule has 0 bridgehead atoms.